The van der Waals surface area contributed by atoms with Gasteiger partial charge in [-0.05, 0) is 38.3 Å². The van der Waals surface area contributed by atoms with Gasteiger partial charge in [0.15, 0.2) is 5.96 Å². The second kappa shape index (κ2) is 10.1. The fourth-order valence-corrected chi connectivity index (χ4v) is 4.35. The molecule has 4 rings (SSSR count). The third-order valence-electron chi connectivity index (χ3n) is 5.92. The quantitative estimate of drug-likeness (QED) is 0.544. The zero-order valence-electron chi connectivity index (χ0n) is 18.1. The Morgan fingerprint density at radius 1 is 1.19 bits per heavy atom. The van der Waals surface area contributed by atoms with Gasteiger partial charge in [0, 0.05) is 57.7 Å². The molecule has 31 heavy (non-hydrogen) atoms. The molecule has 2 aromatic rings. The topological polar surface area (TPSA) is 70.4 Å². The molecule has 1 atom stereocenters. The number of rotatable bonds is 6. The van der Waals surface area contributed by atoms with E-state index in [0.29, 0.717) is 25.3 Å². The zero-order chi connectivity index (χ0) is 21.6. The molecule has 1 unspecified atom stereocenters. The van der Waals surface area contributed by atoms with Gasteiger partial charge in [-0.3, -0.25) is 4.99 Å². The number of guanidine groups is 1. The Balaban J connectivity index is 1.34. The van der Waals surface area contributed by atoms with Gasteiger partial charge in [0.2, 0.25) is 0 Å². The van der Waals surface area contributed by atoms with Gasteiger partial charge in [-0.25, -0.2) is 8.78 Å². The van der Waals surface area contributed by atoms with Crippen LogP contribution in [0.3, 0.4) is 0 Å². The predicted molar refractivity (Wildman–Crippen MR) is 117 cm³/mol. The second-order valence-corrected chi connectivity index (χ2v) is 8.18. The highest BCUT2D eigenvalue weighted by molar-refractivity contribution is 5.80. The van der Waals surface area contributed by atoms with Crippen LogP contribution in [0, 0.1) is 11.6 Å². The van der Waals surface area contributed by atoms with Gasteiger partial charge < -0.3 is 20.1 Å². The van der Waals surface area contributed by atoms with Gasteiger partial charge in [0.1, 0.15) is 23.3 Å². The number of benzene rings is 1. The van der Waals surface area contributed by atoms with Crippen LogP contribution >= 0.6 is 0 Å². The maximum Gasteiger partial charge on any atom is 0.191 e. The smallest absolute Gasteiger partial charge is 0.191 e. The number of fused-ring (bicyclic) bond motifs is 1. The number of aryl methyl sites for hydroxylation is 1. The van der Waals surface area contributed by atoms with Crippen molar-refractivity contribution in [3.63, 3.8) is 0 Å². The summed E-state index contributed by atoms with van der Waals surface area (Å²) >= 11 is 0. The van der Waals surface area contributed by atoms with E-state index in [1.165, 1.54) is 31.4 Å². The van der Waals surface area contributed by atoms with Crippen LogP contribution in [0.2, 0.25) is 0 Å². The second-order valence-electron chi connectivity index (χ2n) is 8.18. The Morgan fingerprint density at radius 2 is 2.10 bits per heavy atom. The number of nitrogens with zero attached hydrogens (tertiary/aromatic N) is 5. The third-order valence-corrected chi connectivity index (χ3v) is 5.92. The average Bonchev–Trinajstić information content (AvgIpc) is 3.28. The first-order valence-electron chi connectivity index (χ1n) is 11.3. The lowest BCUT2D eigenvalue weighted by atomic mass is 10.2. The predicted octanol–water partition coefficient (Wildman–Crippen LogP) is 2.66. The molecule has 1 fully saturated rings. The molecule has 0 saturated carbocycles. The highest BCUT2D eigenvalue weighted by atomic mass is 19.1. The summed E-state index contributed by atoms with van der Waals surface area (Å²) in [5, 5.41) is 15.5. The van der Waals surface area contributed by atoms with Crippen molar-refractivity contribution in [3.05, 3.63) is 41.5 Å². The van der Waals surface area contributed by atoms with Gasteiger partial charge in [-0.2, -0.15) is 0 Å². The van der Waals surface area contributed by atoms with E-state index in [1.54, 1.807) is 0 Å². The minimum Gasteiger partial charge on any atom is -0.367 e. The molecule has 1 aromatic heterocycles. The van der Waals surface area contributed by atoms with E-state index in [2.05, 4.69) is 25.4 Å². The van der Waals surface area contributed by atoms with Crippen LogP contribution in [0.25, 0.3) is 0 Å². The lowest BCUT2D eigenvalue weighted by Crippen LogP contribution is -2.44. The molecule has 0 amide bonds. The molecule has 1 saturated heterocycles. The number of aliphatic imine (C=N–C) groups is 1. The van der Waals surface area contributed by atoms with E-state index in [0.717, 1.165) is 56.0 Å². The molecule has 0 radical (unpaired) electrons. The fourth-order valence-electron chi connectivity index (χ4n) is 4.35. The van der Waals surface area contributed by atoms with Crippen molar-refractivity contribution in [2.45, 2.75) is 58.0 Å². The van der Waals surface area contributed by atoms with E-state index in [-0.39, 0.29) is 6.04 Å². The number of nitrogens with one attached hydrogen (secondary N) is 2. The van der Waals surface area contributed by atoms with Crippen LogP contribution in [-0.2, 0) is 19.4 Å². The number of halogens is 2. The molecule has 1 aromatic carbocycles. The van der Waals surface area contributed by atoms with Crippen LogP contribution in [0.4, 0.5) is 14.5 Å². The minimum atomic E-state index is -0.554. The maximum atomic E-state index is 14.1. The number of hydrogen-bond donors (Lipinski definition) is 2. The Bertz CT molecular complexity index is 911. The first kappa shape index (κ1) is 21.5. The summed E-state index contributed by atoms with van der Waals surface area (Å²) in [6, 6.07) is 3.89. The first-order chi connectivity index (χ1) is 15.1. The fraction of sp³-hybridized carbons (Fsp3) is 0.591. The van der Waals surface area contributed by atoms with E-state index in [9.17, 15) is 8.78 Å². The normalized spacial score (nSPS) is 19.3. The SMILES string of the molecule is CCNC(=NCCc1nnc2n1CCCCC2)NC1CCN(c2ccc(F)cc2F)C1. The Morgan fingerprint density at radius 3 is 2.94 bits per heavy atom. The molecule has 2 N–H and O–H groups in total. The maximum absolute atomic E-state index is 14.1. The third kappa shape index (κ3) is 5.32. The summed E-state index contributed by atoms with van der Waals surface area (Å²) in [5.74, 6) is 1.79. The highest BCUT2D eigenvalue weighted by Gasteiger charge is 2.25. The van der Waals surface area contributed by atoms with Crippen molar-refractivity contribution in [3.8, 4) is 0 Å². The van der Waals surface area contributed by atoms with E-state index in [4.69, 9.17) is 4.99 Å². The molecule has 0 aliphatic carbocycles. The van der Waals surface area contributed by atoms with Crippen molar-refractivity contribution >= 4 is 11.6 Å². The molecular formula is C22H31F2N7. The molecule has 7 nitrogen and oxygen atoms in total. The molecule has 0 bridgehead atoms. The van der Waals surface area contributed by atoms with Crippen LogP contribution in [0.1, 0.15) is 44.3 Å². The first-order valence-corrected chi connectivity index (χ1v) is 11.3. The molecule has 168 valence electrons. The van der Waals surface area contributed by atoms with Gasteiger partial charge in [0.05, 0.1) is 5.69 Å². The van der Waals surface area contributed by atoms with Gasteiger partial charge in [0.25, 0.3) is 0 Å². The highest BCUT2D eigenvalue weighted by Crippen LogP contribution is 2.24. The average molecular weight is 432 g/mol. The summed E-state index contributed by atoms with van der Waals surface area (Å²) in [5.41, 5.74) is 0.445. The standard InChI is InChI=1S/C22H31F2N7/c1-2-25-22(26-11-9-21-29-28-20-6-4-3-5-12-31(20)21)27-17-10-13-30(15-17)19-8-7-16(23)14-18(19)24/h7-8,14,17H,2-6,9-13,15H2,1H3,(H2,25,26,27). The molecule has 2 aliphatic rings. The van der Waals surface area contributed by atoms with Crippen LogP contribution in [0.15, 0.2) is 23.2 Å². The van der Waals surface area contributed by atoms with Crippen molar-refractivity contribution in [1.29, 1.82) is 0 Å². The van der Waals surface area contributed by atoms with Gasteiger partial charge in [-0.15, -0.1) is 10.2 Å². The number of aromatic nitrogens is 3. The van der Waals surface area contributed by atoms with E-state index in [1.807, 2.05) is 11.8 Å². The molecule has 2 aliphatic heterocycles. The van der Waals surface area contributed by atoms with Crippen LogP contribution < -0.4 is 15.5 Å². The van der Waals surface area contributed by atoms with Gasteiger partial charge in [-0.1, -0.05) is 6.42 Å². The van der Waals surface area contributed by atoms with Crippen LogP contribution in [-0.4, -0.2) is 52.9 Å². The van der Waals surface area contributed by atoms with Gasteiger partial charge >= 0.3 is 0 Å². The minimum absolute atomic E-state index is 0.145. The Labute approximate surface area is 181 Å². The lowest BCUT2D eigenvalue weighted by Gasteiger charge is -2.21. The Kier molecular flexibility index (Phi) is 6.99. The Hall–Kier alpha value is -2.71. The molecule has 0 spiro atoms. The summed E-state index contributed by atoms with van der Waals surface area (Å²) in [7, 11) is 0. The summed E-state index contributed by atoms with van der Waals surface area (Å²) in [4.78, 5) is 6.67. The van der Waals surface area contributed by atoms with Crippen molar-refractivity contribution in [2.24, 2.45) is 4.99 Å². The van der Waals surface area contributed by atoms with E-state index < -0.39 is 11.6 Å². The number of anilines is 1. The monoisotopic (exact) mass is 431 g/mol. The zero-order valence-corrected chi connectivity index (χ0v) is 18.1. The largest absolute Gasteiger partial charge is 0.367 e. The summed E-state index contributed by atoms with van der Waals surface area (Å²) in [6.45, 7) is 5.77. The number of hydrogen-bond acceptors (Lipinski definition) is 4. The molecule has 9 heteroatoms. The van der Waals surface area contributed by atoms with Crippen molar-refractivity contribution in [1.82, 2.24) is 25.4 Å². The molecule has 3 heterocycles. The molecular weight excluding hydrogens is 400 g/mol. The summed E-state index contributed by atoms with van der Waals surface area (Å²) < 4.78 is 29.6. The van der Waals surface area contributed by atoms with Crippen LogP contribution in [0.5, 0.6) is 0 Å². The summed E-state index contributed by atoms with van der Waals surface area (Å²) in [6.07, 6.45) is 6.23. The van der Waals surface area contributed by atoms with Crippen molar-refractivity contribution in [2.75, 3.05) is 31.1 Å². The van der Waals surface area contributed by atoms with Crippen molar-refractivity contribution < 1.29 is 8.78 Å². The van der Waals surface area contributed by atoms with E-state index >= 15 is 0 Å². The lowest BCUT2D eigenvalue weighted by molar-refractivity contribution is 0.580.